The van der Waals surface area contributed by atoms with Crippen LogP contribution in [-0.2, 0) is 4.79 Å². The van der Waals surface area contributed by atoms with Crippen LogP contribution in [0.4, 0.5) is 0 Å². The van der Waals surface area contributed by atoms with E-state index in [-0.39, 0.29) is 0 Å². The lowest BCUT2D eigenvalue weighted by molar-refractivity contribution is -0.123. The first kappa shape index (κ1) is 6.38. The van der Waals surface area contributed by atoms with E-state index in [0.717, 1.165) is 12.8 Å². The lowest BCUT2D eigenvalue weighted by atomic mass is 9.61. The van der Waals surface area contributed by atoms with Crippen molar-refractivity contribution in [2.45, 2.75) is 44.9 Å². The molecule has 0 aromatic rings. The van der Waals surface area contributed by atoms with Crippen molar-refractivity contribution >= 4 is 5.78 Å². The van der Waals surface area contributed by atoms with Gasteiger partial charge >= 0.3 is 0 Å². The molecule has 2 rings (SSSR count). The maximum absolute atomic E-state index is 10.9. The highest BCUT2D eigenvalue weighted by atomic mass is 16.1. The molecule has 0 bridgehead atoms. The number of carbonyl (C=O) groups is 1. The summed E-state index contributed by atoms with van der Waals surface area (Å²) < 4.78 is 0. The van der Waals surface area contributed by atoms with E-state index in [1.54, 1.807) is 0 Å². The Morgan fingerprint density at radius 3 is 2.00 bits per heavy atom. The predicted octanol–water partition coefficient (Wildman–Crippen LogP) is 2.30. The SMILES string of the molecule is O=C1CCC2(CCC2)CC1. The van der Waals surface area contributed by atoms with Gasteiger partial charge in [-0.3, -0.25) is 4.79 Å². The molecule has 0 unspecified atom stereocenters. The zero-order valence-corrected chi connectivity index (χ0v) is 6.36. The Balaban J connectivity index is 1.96. The summed E-state index contributed by atoms with van der Waals surface area (Å²) in [5.74, 6) is 0.498. The summed E-state index contributed by atoms with van der Waals surface area (Å²) in [6.45, 7) is 0. The number of Topliss-reactive ketones (excluding diaryl/α,β-unsaturated/α-hetero) is 1. The predicted molar refractivity (Wildman–Crippen MR) is 39.8 cm³/mol. The van der Waals surface area contributed by atoms with E-state index < -0.39 is 0 Å². The van der Waals surface area contributed by atoms with Gasteiger partial charge in [0.05, 0.1) is 0 Å². The zero-order chi connectivity index (χ0) is 7.03. The summed E-state index contributed by atoms with van der Waals surface area (Å²) in [6, 6.07) is 0. The summed E-state index contributed by atoms with van der Waals surface area (Å²) in [6.07, 6.45) is 8.37. The second kappa shape index (κ2) is 2.08. The Morgan fingerprint density at radius 1 is 1.00 bits per heavy atom. The number of hydrogen-bond acceptors (Lipinski definition) is 1. The van der Waals surface area contributed by atoms with Gasteiger partial charge in [-0.2, -0.15) is 0 Å². The molecular weight excluding hydrogens is 124 g/mol. The average Bonchev–Trinajstić information content (AvgIpc) is 1.86. The van der Waals surface area contributed by atoms with E-state index in [0.29, 0.717) is 11.2 Å². The topological polar surface area (TPSA) is 17.1 Å². The van der Waals surface area contributed by atoms with Crippen molar-refractivity contribution in [1.82, 2.24) is 0 Å². The van der Waals surface area contributed by atoms with Crippen LogP contribution in [0.15, 0.2) is 0 Å². The van der Waals surface area contributed by atoms with Gasteiger partial charge in [-0.15, -0.1) is 0 Å². The van der Waals surface area contributed by atoms with Gasteiger partial charge in [0.1, 0.15) is 5.78 Å². The van der Waals surface area contributed by atoms with Crippen molar-refractivity contribution in [3.63, 3.8) is 0 Å². The van der Waals surface area contributed by atoms with Gasteiger partial charge < -0.3 is 0 Å². The number of ketones is 1. The lowest BCUT2D eigenvalue weighted by Gasteiger charge is -2.44. The van der Waals surface area contributed by atoms with E-state index in [1.807, 2.05) is 0 Å². The first-order valence-electron chi connectivity index (χ1n) is 4.33. The zero-order valence-electron chi connectivity index (χ0n) is 6.36. The molecule has 0 amide bonds. The molecule has 0 aromatic carbocycles. The van der Waals surface area contributed by atoms with Crippen molar-refractivity contribution in [1.29, 1.82) is 0 Å². The van der Waals surface area contributed by atoms with Crippen LogP contribution in [0.25, 0.3) is 0 Å². The summed E-state index contributed by atoms with van der Waals surface area (Å²) in [5, 5.41) is 0. The summed E-state index contributed by atoms with van der Waals surface area (Å²) in [5.41, 5.74) is 0.661. The molecule has 0 atom stereocenters. The fraction of sp³-hybridized carbons (Fsp3) is 0.889. The van der Waals surface area contributed by atoms with Crippen LogP contribution in [0.3, 0.4) is 0 Å². The van der Waals surface area contributed by atoms with Crippen LogP contribution >= 0.6 is 0 Å². The van der Waals surface area contributed by atoms with Crippen LogP contribution in [0.5, 0.6) is 0 Å². The van der Waals surface area contributed by atoms with Crippen LogP contribution in [0.2, 0.25) is 0 Å². The van der Waals surface area contributed by atoms with Crippen molar-refractivity contribution in [2.75, 3.05) is 0 Å². The van der Waals surface area contributed by atoms with Gasteiger partial charge in [0.15, 0.2) is 0 Å². The van der Waals surface area contributed by atoms with Crippen molar-refractivity contribution in [2.24, 2.45) is 5.41 Å². The molecule has 56 valence electrons. The summed E-state index contributed by atoms with van der Waals surface area (Å²) in [4.78, 5) is 10.9. The van der Waals surface area contributed by atoms with E-state index >= 15 is 0 Å². The molecule has 2 aliphatic rings. The van der Waals surface area contributed by atoms with Crippen LogP contribution in [0.1, 0.15) is 44.9 Å². The molecule has 2 fully saturated rings. The molecule has 2 aliphatic carbocycles. The number of carbonyl (C=O) groups excluding carboxylic acids is 1. The summed E-state index contributed by atoms with van der Waals surface area (Å²) in [7, 11) is 0. The summed E-state index contributed by atoms with van der Waals surface area (Å²) >= 11 is 0. The standard InChI is InChI=1S/C9H14O/c10-8-2-6-9(7-3-8)4-1-5-9/h1-7H2. The maximum atomic E-state index is 10.9. The molecular formula is C9H14O. The van der Waals surface area contributed by atoms with Gasteiger partial charge in [-0.05, 0) is 31.1 Å². The lowest BCUT2D eigenvalue weighted by Crippen LogP contribution is -2.33. The van der Waals surface area contributed by atoms with E-state index in [1.165, 1.54) is 32.1 Å². The van der Waals surface area contributed by atoms with E-state index in [4.69, 9.17) is 0 Å². The fourth-order valence-electron chi connectivity index (χ4n) is 2.24. The third-order valence-corrected chi connectivity index (χ3v) is 3.28. The quantitative estimate of drug-likeness (QED) is 0.502. The fourth-order valence-corrected chi connectivity index (χ4v) is 2.24. The number of rotatable bonds is 0. The largest absolute Gasteiger partial charge is 0.300 e. The maximum Gasteiger partial charge on any atom is 0.132 e. The second-order valence-electron chi connectivity index (χ2n) is 3.89. The second-order valence-corrected chi connectivity index (χ2v) is 3.89. The van der Waals surface area contributed by atoms with Gasteiger partial charge in [0.2, 0.25) is 0 Å². The average molecular weight is 138 g/mol. The van der Waals surface area contributed by atoms with Crippen LogP contribution in [0, 0.1) is 5.41 Å². The minimum atomic E-state index is 0.498. The Morgan fingerprint density at radius 2 is 1.60 bits per heavy atom. The van der Waals surface area contributed by atoms with Gasteiger partial charge in [0.25, 0.3) is 0 Å². The van der Waals surface area contributed by atoms with Crippen LogP contribution in [-0.4, -0.2) is 5.78 Å². The van der Waals surface area contributed by atoms with Crippen molar-refractivity contribution in [3.8, 4) is 0 Å². The Hall–Kier alpha value is -0.330. The monoisotopic (exact) mass is 138 g/mol. The Kier molecular flexibility index (Phi) is 1.33. The Bertz CT molecular complexity index is 144. The van der Waals surface area contributed by atoms with E-state index in [9.17, 15) is 4.79 Å². The molecule has 2 saturated carbocycles. The minimum Gasteiger partial charge on any atom is -0.300 e. The minimum absolute atomic E-state index is 0.498. The molecule has 1 nitrogen and oxygen atoms in total. The van der Waals surface area contributed by atoms with Gasteiger partial charge in [0, 0.05) is 12.8 Å². The molecule has 0 aliphatic heterocycles. The normalized spacial score (nSPS) is 30.2. The Labute approximate surface area is 61.8 Å². The van der Waals surface area contributed by atoms with Crippen molar-refractivity contribution in [3.05, 3.63) is 0 Å². The van der Waals surface area contributed by atoms with Gasteiger partial charge in [-0.25, -0.2) is 0 Å². The highest BCUT2D eigenvalue weighted by Crippen LogP contribution is 2.50. The molecule has 0 N–H and O–H groups in total. The molecule has 0 aromatic heterocycles. The smallest absolute Gasteiger partial charge is 0.132 e. The molecule has 0 radical (unpaired) electrons. The first-order chi connectivity index (χ1) is 4.81. The van der Waals surface area contributed by atoms with Crippen molar-refractivity contribution < 1.29 is 4.79 Å². The molecule has 0 heterocycles. The third kappa shape index (κ3) is 0.882. The molecule has 1 heteroatoms. The molecule has 10 heavy (non-hydrogen) atoms. The van der Waals surface area contributed by atoms with Gasteiger partial charge in [-0.1, -0.05) is 6.42 Å². The molecule has 0 saturated heterocycles. The highest BCUT2D eigenvalue weighted by Gasteiger charge is 2.39. The van der Waals surface area contributed by atoms with Crippen LogP contribution < -0.4 is 0 Å². The highest BCUT2D eigenvalue weighted by molar-refractivity contribution is 5.79. The third-order valence-electron chi connectivity index (χ3n) is 3.28. The molecule has 1 spiro atoms. The van der Waals surface area contributed by atoms with E-state index in [2.05, 4.69) is 0 Å². The number of hydrogen-bond donors (Lipinski definition) is 0. The first-order valence-corrected chi connectivity index (χ1v) is 4.33.